The van der Waals surface area contributed by atoms with Gasteiger partial charge in [0.15, 0.2) is 0 Å². The van der Waals surface area contributed by atoms with Crippen molar-refractivity contribution in [2.24, 2.45) is 0 Å². The third kappa shape index (κ3) is 1.54. The maximum absolute atomic E-state index is 13.2. The topological polar surface area (TPSA) is 50.2 Å². The van der Waals surface area contributed by atoms with Gasteiger partial charge in [-0.05, 0) is 18.6 Å². The van der Waals surface area contributed by atoms with E-state index < -0.39 is 5.95 Å². The molecule has 15 heavy (non-hydrogen) atoms. The molecule has 1 unspecified atom stereocenters. The van der Waals surface area contributed by atoms with Gasteiger partial charge in [-0.1, -0.05) is 13.8 Å². The fourth-order valence-corrected chi connectivity index (χ4v) is 1.41. The summed E-state index contributed by atoms with van der Waals surface area (Å²) >= 11 is 0. The summed E-state index contributed by atoms with van der Waals surface area (Å²) < 4.78 is 14.3. The van der Waals surface area contributed by atoms with Crippen LogP contribution in [0.5, 0.6) is 0 Å². The van der Waals surface area contributed by atoms with Gasteiger partial charge in [0, 0.05) is 5.92 Å². The largest absolute Gasteiger partial charge is 0.307 e. The highest BCUT2D eigenvalue weighted by atomic mass is 19.1. The Morgan fingerprint density at radius 3 is 3.00 bits per heavy atom. The van der Waals surface area contributed by atoms with E-state index in [-0.39, 0.29) is 17.0 Å². The summed E-state index contributed by atoms with van der Waals surface area (Å²) in [5.74, 6) is 0.120. The van der Waals surface area contributed by atoms with Gasteiger partial charge in [0.25, 0.3) is 5.56 Å². The number of aromatic amines is 1. The lowest BCUT2D eigenvalue weighted by molar-refractivity contribution is 0.531. The minimum atomic E-state index is -0.513. The normalized spacial score (nSPS) is 13.3. The molecule has 0 radical (unpaired) electrons. The second-order valence-corrected chi connectivity index (χ2v) is 3.60. The van der Waals surface area contributed by atoms with Gasteiger partial charge in [-0.2, -0.15) is 14.0 Å². The van der Waals surface area contributed by atoms with Gasteiger partial charge in [0.05, 0.1) is 0 Å². The van der Waals surface area contributed by atoms with E-state index in [2.05, 4.69) is 10.1 Å². The fraction of sp³-hybridized carbons (Fsp3) is 0.400. The Morgan fingerprint density at radius 2 is 2.33 bits per heavy atom. The SMILES string of the molecule is CCC(C)c1nn2c(F)ccc2c(=O)[nH]1. The summed E-state index contributed by atoms with van der Waals surface area (Å²) in [5, 5.41) is 4.05. The Bertz CT molecular complexity index is 543. The van der Waals surface area contributed by atoms with Crippen LogP contribution in [0.2, 0.25) is 0 Å². The molecule has 0 aliphatic carbocycles. The molecular formula is C10H12FN3O. The van der Waals surface area contributed by atoms with Crippen molar-refractivity contribution in [1.29, 1.82) is 0 Å². The first kappa shape index (κ1) is 9.89. The summed E-state index contributed by atoms with van der Waals surface area (Å²) in [7, 11) is 0. The van der Waals surface area contributed by atoms with Crippen molar-refractivity contribution in [1.82, 2.24) is 14.6 Å². The molecule has 0 spiro atoms. The maximum Gasteiger partial charge on any atom is 0.275 e. The molecule has 2 heterocycles. The molecule has 5 heteroatoms. The van der Waals surface area contributed by atoms with Crippen LogP contribution in [-0.4, -0.2) is 14.6 Å². The highest BCUT2D eigenvalue weighted by molar-refractivity contribution is 5.43. The Morgan fingerprint density at radius 1 is 1.60 bits per heavy atom. The highest BCUT2D eigenvalue weighted by Crippen LogP contribution is 2.13. The minimum Gasteiger partial charge on any atom is -0.307 e. The van der Waals surface area contributed by atoms with Crippen LogP contribution in [0.1, 0.15) is 32.0 Å². The number of nitrogens with zero attached hydrogens (tertiary/aromatic N) is 2. The number of nitrogens with one attached hydrogen (secondary N) is 1. The van der Waals surface area contributed by atoms with E-state index in [4.69, 9.17) is 0 Å². The smallest absolute Gasteiger partial charge is 0.275 e. The van der Waals surface area contributed by atoms with E-state index >= 15 is 0 Å². The van der Waals surface area contributed by atoms with Crippen molar-refractivity contribution in [2.45, 2.75) is 26.2 Å². The Kier molecular flexibility index (Phi) is 2.30. The summed E-state index contributed by atoms with van der Waals surface area (Å²) in [5.41, 5.74) is -0.0660. The van der Waals surface area contributed by atoms with Gasteiger partial charge in [0.2, 0.25) is 5.95 Å². The van der Waals surface area contributed by atoms with E-state index in [1.165, 1.54) is 12.1 Å². The zero-order valence-electron chi connectivity index (χ0n) is 8.62. The maximum atomic E-state index is 13.2. The Balaban J connectivity index is 2.70. The summed E-state index contributed by atoms with van der Waals surface area (Å²) in [6.45, 7) is 3.92. The molecule has 0 bridgehead atoms. The zero-order valence-corrected chi connectivity index (χ0v) is 8.62. The van der Waals surface area contributed by atoms with Crippen LogP contribution >= 0.6 is 0 Å². The van der Waals surface area contributed by atoms with Crippen LogP contribution in [0, 0.1) is 5.95 Å². The van der Waals surface area contributed by atoms with Gasteiger partial charge in [-0.15, -0.1) is 0 Å². The number of aromatic nitrogens is 3. The average Bonchev–Trinajstić information content (AvgIpc) is 2.60. The van der Waals surface area contributed by atoms with Crippen molar-refractivity contribution in [3.05, 3.63) is 34.3 Å². The van der Waals surface area contributed by atoms with E-state index in [0.29, 0.717) is 5.82 Å². The molecule has 0 aliphatic heterocycles. The second-order valence-electron chi connectivity index (χ2n) is 3.60. The van der Waals surface area contributed by atoms with Crippen LogP contribution < -0.4 is 5.56 Å². The standard InChI is InChI=1S/C10H12FN3O/c1-3-6(2)9-12-10(15)7-4-5-8(11)14(7)13-9/h4-6H,3H2,1-2H3,(H,12,13,15). The third-order valence-corrected chi connectivity index (χ3v) is 2.57. The zero-order chi connectivity index (χ0) is 11.0. The molecule has 0 fully saturated rings. The number of H-pyrrole nitrogens is 1. The molecule has 0 amide bonds. The quantitative estimate of drug-likeness (QED) is 0.818. The van der Waals surface area contributed by atoms with E-state index in [1.807, 2.05) is 13.8 Å². The lowest BCUT2D eigenvalue weighted by Crippen LogP contribution is -2.17. The predicted molar refractivity (Wildman–Crippen MR) is 54.5 cm³/mol. The van der Waals surface area contributed by atoms with Crippen LogP contribution in [0.4, 0.5) is 4.39 Å². The van der Waals surface area contributed by atoms with Gasteiger partial charge < -0.3 is 4.98 Å². The highest BCUT2D eigenvalue weighted by Gasteiger charge is 2.11. The molecule has 0 saturated heterocycles. The number of hydrogen-bond acceptors (Lipinski definition) is 2. The lowest BCUT2D eigenvalue weighted by Gasteiger charge is -2.07. The van der Waals surface area contributed by atoms with Crippen LogP contribution in [-0.2, 0) is 0 Å². The van der Waals surface area contributed by atoms with E-state index in [1.54, 1.807) is 0 Å². The van der Waals surface area contributed by atoms with E-state index in [9.17, 15) is 9.18 Å². The van der Waals surface area contributed by atoms with Gasteiger partial charge in [-0.25, -0.2) is 0 Å². The summed E-state index contributed by atoms with van der Waals surface area (Å²) in [4.78, 5) is 14.2. The van der Waals surface area contributed by atoms with E-state index in [0.717, 1.165) is 10.9 Å². The monoisotopic (exact) mass is 209 g/mol. The molecule has 1 atom stereocenters. The molecule has 0 aliphatic rings. The predicted octanol–water partition coefficient (Wildman–Crippen LogP) is 1.68. The van der Waals surface area contributed by atoms with Crippen LogP contribution in [0.25, 0.3) is 5.52 Å². The van der Waals surface area contributed by atoms with Crippen molar-refractivity contribution >= 4 is 5.52 Å². The first-order valence-corrected chi connectivity index (χ1v) is 4.91. The first-order valence-electron chi connectivity index (χ1n) is 4.91. The molecule has 2 aromatic rings. The fourth-order valence-electron chi connectivity index (χ4n) is 1.41. The van der Waals surface area contributed by atoms with Crippen molar-refractivity contribution < 1.29 is 4.39 Å². The lowest BCUT2D eigenvalue weighted by atomic mass is 10.1. The summed E-state index contributed by atoms with van der Waals surface area (Å²) in [6.07, 6.45) is 0.845. The molecular weight excluding hydrogens is 197 g/mol. The molecule has 80 valence electrons. The molecule has 0 saturated carbocycles. The van der Waals surface area contributed by atoms with Crippen LogP contribution in [0.15, 0.2) is 16.9 Å². The molecule has 0 aromatic carbocycles. The molecule has 2 rings (SSSR count). The van der Waals surface area contributed by atoms with Gasteiger partial charge in [0.1, 0.15) is 11.3 Å². The third-order valence-electron chi connectivity index (χ3n) is 2.57. The van der Waals surface area contributed by atoms with Crippen molar-refractivity contribution in [3.63, 3.8) is 0 Å². The average molecular weight is 209 g/mol. The van der Waals surface area contributed by atoms with Crippen molar-refractivity contribution in [2.75, 3.05) is 0 Å². The number of halogens is 1. The molecule has 1 N–H and O–H groups in total. The number of fused-ring (bicyclic) bond motifs is 1. The molecule has 2 aromatic heterocycles. The second kappa shape index (κ2) is 3.49. The van der Waals surface area contributed by atoms with Crippen LogP contribution in [0.3, 0.4) is 0 Å². The summed E-state index contributed by atoms with van der Waals surface area (Å²) in [6, 6.07) is 2.65. The number of hydrogen-bond donors (Lipinski definition) is 1. The van der Waals surface area contributed by atoms with Gasteiger partial charge >= 0.3 is 0 Å². The Hall–Kier alpha value is -1.65. The Labute approximate surface area is 85.7 Å². The molecule has 4 nitrogen and oxygen atoms in total. The first-order chi connectivity index (χ1) is 7.13. The van der Waals surface area contributed by atoms with Gasteiger partial charge in [-0.3, -0.25) is 4.79 Å². The minimum absolute atomic E-state index is 0.115. The number of rotatable bonds is 2. The van der Waals surface area contributed by atoms with Crippen molar-refractivity contribution in [3.8, 4) is 0 Å².